The van der Waals surface area contributed by atoms with Crippen molar-refractivity contribution in [2.45, 2.75) is 39.2 Å². The van der Waals surface area contributed by atoms with Crippen LogP contribution >= 0.6 is 0 Å². The molecule has 2 saturated carbocycles. The predicted octanol–water partition coefficient (Wildman–Crippen LogP) is 1.21. The molecule has 3 atom stereocenters. The lowest BCUT2D eigenvalue weighted by Crippen LogP contribution is -2.33. The number of hydrogen-bond acceptors (Lipinski definition) is 2. The molecule has 1 unspecified atom stereocenters. The first-order chi connectivity index (χ1) is 7.51. The maximum absolute atomic E-state index is 11.8. The highest BCUT2D eigenvalue weighted by molar-refractivity contribution is 5.11. The van der Waals surface area contributed by atoms with Gasteiger partial charge in [-0.05, 0) is 37.5 Å². The molecule has 2 aliphatic rings. The van der Waals surface area contributed by atoms with Crippen LogP contribution in [0.3, 0.4) is 0 Å². The van der Waals surface area contributed by atoms with Gasteiger partial charge < -0.3 is 0 Å². The summed E-state index contributed by atoms with van der Waals surface area (Å²) in [4.78, 5) is 25.4. The summed E-state index contributed by atoms with van der Waals surface area (Å²) in [5.41, 5.74) is 0.567. The zero-order chi connectivity index (χ0) is 11.5. The van der Waals surface area contributed by atoms with Gasteiger partial charge in [0.15, 0.2) is 0 Å². The van der Waals surface area contributed by atoms with Crippen LogP contribution in [0.1, 0.15) is 37.8 Å². The molecule has 0 amide bonds. The van der Waals surface area contributed by atoms with Gasteiger partial charge in [-0.3, -0.25) is 14.3 Å². The molecule has 0 radical (unpaired) electrons. The zero-order valence-electron chi connectivity index (χ0n) is 9.62. The second-order valence-corrected chi connectivity index (χ2v) is 5.55. The van der Waals surface area contributed by atoms with Crippen LogP contribution in [0.5, 0.6) is 0 Å². The maximum Gasteiger partial charge on any atom is 0.328 e. The molecular weight excluding hydrogens is 204 g/mol. The average Bonchev–Trinajstić information content (AvgIpc) is 2.78. The fourth-order valence-corrected chi connectivity index (χ4v) is 3.18. The predicted molar refractivity (Wildman–Crippen MR) is 60.5 cm³/mol. The highest BCUT2D eigenvalue weighted by Crippen LogP contribution is 2.66. The molecule has 0 spiro atoms. The SMILES string of the molecule is Cc1cn([C@H]2CCC3(C)C[C@H]23)c(=O)[nH]c1=O. The number of aryl methyl sites for hydroxylation is 1. The van der Waals surface area contributed by atoms with Gasteiger partial charge in [0.05, 0.1) is 0 Å². The smallest absolute Gasteiger partial charge is 0.297 e. The van der Waals surface area contributed by atoms with Gasteiger partial charge in [-0.1, -0.05) is 6.92 Å². The molecule has 4 nitrogen and oxygen atoms in total. The van der Waals surface area contributed by atoms with E-state index in [1.54, 1.807) is 17.7 Å². The fourth-order valence-electron chi connectivity index (χ4n) is 3.18. The first-order valence-corrected chi connectivity index (χ1v) is 5.83. The van der Waals surface area contributed by atoms with Crippen LogP contribution in [0.4, 0.5) is 0 Å². The molecule has 4 heteroatoms. The van der Waals surface area contributed by atoms with Crippen molar-refractivity contribution in [3.63, 3.8) is 0 Å². The lowest BCUT2D eigenvalue weighted by Gasteiger charge is -2.15. The molecule has 2 fully saturated rings. The fraction of sp³-hybridized carbons (Fsp3) is 0.667. The van der Waals surface area contributed by atoms with E-state index in [9.17, 15) is 9.59 Å². The van der Waals surface area contributed by atoms with Crippen molar-refractivity contribution in [1.29, 1.82) is 0 Å². The molecule has 0 aliphatic heterocycles. The number of rotatable bonds is 1. The van der Waals surface area contributed by atoms with Gasteiger partial charge in [0.25, 0.3) is 5.56 Å². The van der Waals surface area contributed by atoms with Gasteiger partial charge in [0.1, 0.15) is 0 Å². The summed E-state index contributed by atoms with van der Waals surface area (Å²) in [5.74, 6) is 0.635. The van der Waals surface area contributed by atoms with Gasteiger partial charge in [-0.25, -0.2) is 4.79 Å². The van der Waals surface area contributed by atoms with Gasteiger partial charge in [-0.15, -0.1) is 0 Å². The number of nitrogens with one attached hydrogen (secondary N) is 1. The third-order valence-corrected chi connectivity index (χ3v) is 4.40. The van der Waals surface area contributed by atoms with E-state index in [0.29, 0.717) is 22.9 Å². The maximum atomic E-state index is 11.8. The van der Waals surface area contributed by atoms with Crippen molar-refractivity contribution < 1.29 is 0 Å². The summed E-state index contributed by atoms with van der Waals surface area (Å²) in [6, 6.07) is 0.299. The summed E-state index contributed by atoms with van der Waals surface area (Å²) < 4.78 is 1.74. The second-order valence-electron chi connectivity index (χ2n) is 5.55. The van der Waals surface area contributed by atoms with E-state index in [-0.39, 0.29) is 11.2 Å². The van der Waals surface area contributed by atoms with Crippen LogP contribution in [0.25, 0.3) is 0 Å². The molecule has 16 heavy (non-hydrogen) atoms. The normalized spacial score (nSPS) is 36.1. The molecule has 0 aromatic carbocycles. The molecule has 0 bridgehead atoms. The third-order valence-electron chi connectivity index (χ3n) is 4.40. The Morgan fingerprint density at radius 3 is 2.81 bits per heavy atom. The monoisotopic (exact) mass is 220 g/mol. The quantitative estimate of drug-likeness (QED) is 0.773. The Morgan fingerprint density at radius 2 is 2.25 bits per heavy atom. The molecule has 2 aliphatic carbocycles. The summed E-state index contributed by atoms with van der Waals surface area (Å²) in [6.45, 7) is 4.04. The Morgan fingerprint density at radius 1 is 1.50 bits per heavy atom. The van der Waals surface area contributed by atoms with Crippen molar-refractivity contribution in [1.82, 2.24) is 9.55 Å². The van der Waals surface area contributed by atoms with E-state index in [1.807, 2.05) is 0 Å². The first-order valence-electron chi connectivity index (χ1n) is 5.83. The van der Waals surface area contributed by atoms with Crippen LogP contribution in [-0.2, 0) is 0 Å². The highest BCUT2D eigenvalue weighted by Gasteiger charge is 2.58. The average molecular weight is 220 g/mol. The summed E-state index contributed by atoms with van der Waals surface area (Å²) >= 11 is 0. The van der Waals surface area contributed by atoms with Gasteiger partial charge in [0.2, 0.25) is 0 Å². The van der Waals surface area contributed by atoms with Crippen molar-refractivity contribution in [3.05, 3.63) is 32.6 Å². The summed E-state index contributed by atoms with van der Waals surface area (Å²) in [6.07, 6.45) is 5.21. The van der Waals surface area contributed by atoms with E-state index in [0.717, 1.165) is 6.42 Å². The number of hydrogen-bond donors (Lipinski definition) is 1. The Bertz CT molecular complexity index is 557. The largest absolute Gasteiger partial charge is 0.328 e. The lowest BCUT2D eigenvalue weighted by atomic mass is 10.1. The number of nitrogens with zero attached hydrogens (tertiary/aromatic N) is 1. The van der Waals surface area contributed by atoms with E-state index in [2.05, 4.69) is 11.9 Å². The molecular formula is C12H16N2O2. The number of fused-ring (bicyclic) bond motifs is 1. The highest BCUT2D eigenvalue weighted by atomic mass is 16.2. The molecule has 3 rings (SSSR count). The van der Waals surface area contributed by atoms with Gasteiger partial charge in [0, 0.05) is 17.8 Å². The lowest BCUT2D eigenvalue weighted by molar-refractivity contribution is 0.436. The second kappa shape index (κ2) is 2.87. The van der Waals surface area contributed by atoms with Crippen LogP contribution in [0.2, 0.25) is 0 Å². The first kappa shape index (κ1) is 9.87. The van der Waals surface area contributed by atoms with E-state index in [4.69, 9.17) is 0 Å². The molecule has 1 aromatic rings. The molecule has 86 valence electrons. The molecule has 1 aromatic heterocycles. The van der Waals surface area contributed by atoms with E-state index >= 15 is 0 Å². The van der Waals surface area contributed by atoms with Crippen LogP contribution < -0.4 is 11.2 Å². The van der Waals surface area contributed by atoms with Crippen LogP contribution in [0.15, 0.2) is 15.8 Å². The van der Waals surface area contributed by atoms with E-state index < -0.39 is 0 Å². The Labute approximate surface area is 93.3 Å². The third kappa shape index (κ3) is 1.22. The minimum Gasteiger partial charge on any atom is -0.297 e. The van der Waals surface area contributed by atoms with Crippen molar-refractivity contribution in [2.24, 2.45) is 11.3 Å². The zero-order valence-corrected chi connectivity index (χ0v) is 9.62. The molecule has 1 N–H and O–H groups in total. The number of aromatic amines is 1. The van der Waals surface area contributed by atoms with Crippen LogP contribution in [-0.4, -0.2) is 9.55 Å². The van der Waals surface area contributed by atoms with Crippen molar-refractivity contribution in [2.75, 3.05) is 0 Å². The summed E-state index contributed by atoms with van der Waals surface area (Å²) in [7, 11) is 0. The molecule has 0 saturated heterocycles. The van der Waals surface area contributed by atoms with Gasteiger partial charge in [-0.2, -0.15) is 0 Å². The summed E-state index contributed by atoms with van der Waals surface area (Å²) in [5, 5.41) is 0. The van der Waals surface area contributed by atoms with Crippen molar-refractivity contribution in [3.8, 4) is 0 Å². The van der Waals surface area contributed by atoms with Crippen molar-refractivity contribution >= 4 is 0 Å². The van der Waals surface area contributed by atoms with E-state index in [1.165, 1.54) is 12.8 Å². The number of aromatic nitrogens is 2. The standard InChI is InChI=1S/C12H16N2O2/c1-7-6-14(11(16)13-10(7)15)9-3-4-12(2)5-8(9)12/h6,8-9H,3-5H2,1-2H3,(H,13,15,16)/t8-,9+,12?/m1/s1. The topological polar surface area (TPSA) is 54.9 Å². The Kier molecular flexibility index (Phi) is 1.77. The van der Waals surface area contributed by atoms with Gasteiger partial charge >= 0.3 is 5.69 Å². The minimum absolute atomic E-state index is 0.253. The Balaban J connectivity index is 2.05. The minimum atomic E-state index is -0.266. The van der Waals surface area contributed by atoms with Crippen LogP contribution in [0, 0.1) is 18.3 Å². The number of H-pyrrole nitrogens is 1. The molecule has 1 heterocycles. The Hall–Kier alpha value is -1.32.